The lowest BCUT2D eigenvalue weighted by Gasteiger charge is -2.32. The Labute approximate surface area is 240 Å². The number of imide groups is 1. The van der Waals surface area contributed by atoms with Crippen molar-refractivity contribution in [1.82, 2.24) is 15.1 Å². The van der Waals surface area contributed by atoms with Crippen molar-refractivity contribution in [2.45, 2.75) is 51.6 Å². The molecule has 0 saturated heterocycles. The molecule has 0 saturated carbocycles. The van der Waals surface area contributed by atoms with Gasteiger partial charge in [0.1, 0.15) is 6.04 Å². The van der Waals surface area contributed by atoms with Crippen LogP contribution in [0.5, 0.6) is 0 Å². The number of halogens is 1. The van der Waals surface area contributed by atoms with Crippen LogP contribution in [-0.2, 0) is 22.6 Å². The van der Waals surface area contributed by atoms with Crippen LogP contribution in [0.4, 0.5) is 0 Å². The van der Waals surface area contributed by atoms with Gasteiger partial charge in [-0.05, 0) is 42.2 Å². The number of amides is 4. The number of hydrogen-bond donors (Lipinski definition) is 1. The molecule has 0 aliphatic carbocycles. The Bertz CT molecular complexity index is 1330. The first-order chi connectivity index (χ1) is 19.4. The highest BCUT2D eigenvalue weighted by atomic mass is 35.5. The van der Waals surface area contributed by atoms with Gasteiger partial charge < -0.3 is 10.2 Å². The maximum absolute atomic E-state index is 13.8. The number of unbranched alkanes of at least 4 members (excludes halogenated alkanes) is 1. The molecule has 3 aromatic carbocycles. The molecular formula is C32H34ClN3O4. The van der Waals surface area contributed by atoms with E-state index < -0.39 is 6.04 Å². The van der Waals surface area contributed by atoms with Crippen LogP contribution in [-0.4, -0.2) is 52.6 Å². The van der Waals surface area contributed by atoms with Crippen LogP contribution in [0, 0.1) is 0 Å². The molecule has 1 aliphatic rings. The standard InChI is InChI=1S/C32H34ClN3O4/c1-2-3-19-34-30(38)28(21-23-12-5-4-6-13-23)36(22-24-14-7-10-17-27(24)33)29(37)18-11-20-35-31(39)25-15-8-9-16-26(25)32(35)40/h4-10,12-17,28H,2-3,11,18-22H2,1H3,(H,34,38)/t28-/m1/s1. The smallest absolute Gasteiger partial charge is 0.261 e. The second-order valence-corrected chi connectivity index (χ2v) is 10.3. The molecule has 40 heavy (non-hydrogen) atoms. The van der Waals surface area contributed by atoms with Crippen molar-refractivity contribution >= 4 is 35.2 Å². The van der Waals surface area contributed by atoms with Gasteiger partial charge >= 0.3 is 0 Å². The fraction of sp³-hybridized carbons (Fsp3) is 0.312. The maximum Gasteiger partial charge on any atom is 0.261 e. The fourth-order valence-corrected chi connectivity index (χ4v) is 5.04. The summed E-state index contributed by atoms with van der Waals surface area (Å²) in [7, 11) is 0. The number of fused-ring (bicyclic) bond motifs is 1. The molecule has 0 radical (unpaired) electrons. The third-order valence-electron chi connectivity index (χ3n) is 7.05. The zero-order valence-electron chi connectivity index (χ0n) is 22.6. The van der Waals surface area contributed by atoms with Gasteiger partial charge in [-0.3, -0.25) is 24.1 Å². The van der Waals surface area contributed by atoms with E-state index in [9.17, 15) is 19.2 Å². The minimum atomic E-state index is -0.762. The van der Waals surface area contributed by atoms with E-state index in [1.807, 2.05) is 48.5 Å². The zero-order chi connectivity index (χ0) is 28.5. The predicted octanol–water partition coefficient (Wildman–Crippen LogP) is 5.27. The maximum atomic E-state index is 13.8. The Balaban J connectivity index is 1.54. The van der Waals surface area contributed by atoms with Crippen LogP contribution in [0.2, 0.25) is 5.02 Å². The first-order valence-corrected chi connectivity index (χ1v) is 14.1. The molecule has 1 N–H and O–H groups in total. The first kappa shape index (κ1) is 29.0. The minimum Gasteiger partial charge on any atom is -0.354 e. The van der Waals surface area contributed by atoms with E-state index >= 15 is 0 Å². The summed E-state index contributed by atoms with van der Waals surface area (Å²) in [5.74, 6) is -1.17. The van der Waals surface area contributed by atoms with Gasteiger partial charge in [0.05, 0.1) is 11.1 Å². The molecule has 0 fully saturated rings. The van der Waals surface area contributed by atoms with E-state index in [1.54, 1.807) is 35.2 Å². The summed E-state index contributed by atoms with van der Waals surface area (Å²) in [6.45, 7) is 2.85. The molecule has 1 atom stereocenters. The van der Waals surface area contributed by atoms with Crippen LogP contribution in [0.25, 0.3) is 0 Å². The minimum absolute atomic E-state index is 0.0609. The summed E-state index contributed by atoms with van der Waals surface area (Å²) in [5.41, 5.74) is 2.43. The molecule has 0 aromatic heterocycles. The molecule has 1 aliphatic heterocycles. The van der Waals surface area contributed by atoms with Gasteiger partial charge in [-0.2, -0.15) is 0 Å². The molecule has 7 nitrogen and oxygen atoms in total. The molecule has 4 rings (SSSR count). The van der Waals surface area contributed by atoms with Crippen LogP contribution in [0.1, 0.15) is 64.4 Å². The lowest BCUT2D eigenvalue weighted by molar-refractivity contribution is -0.141. The number of carbonyl (C=O) groups excluding carboxylic acids is 4. The van der Waals surface area contributed by atoms with E-state index in [0.717, 1.165) is 24.0 Å². The number of benzene rings is 3. The van der Waals surface area contributed by atoms with Crippen molar-refractivity contribution in [2.75, 3.05) is 13.1 Å². The summed E-state index contributed by atoms with van der Waals surface area (Å²) in [4.78, 5) is 55.6. The Morgan fingerprint density at radius 2 is 1.50 bits per heavy atom. The number of carbonyl (C=O) groups is 4. The van der Waals surface area contributed by atoms with E-state index in [4.69, 9.17) is 11.6 Å². The van der Waals surface area contributed by atoms with Gasteiger partial charge in [-0.1, -0.05) is 85.6 Å². The molecule has 8 heteroatoms. The average molecular weight is 560 g/mol. The molecule has 0 unspecified atom stereocenters. The van der Waals surface area contributed by atoms with Crippen molar-refractivity contribution in [3.05, 3.63) is 106 Å². The topological polar surface area (TPSA) is 86.8 Å². The van der Waals surface area contributed by atoms with Gasteiger partial charge in [-0.25, -0.2) is 0 Å². The number of nitrogens with one attached hydrogen (secondary N) is 1. The van der Waals surface area contributed by atoms with E-state index in [2.05, 4.69) is 12.2 Å². The third kappa shape index (κ3) is 6.96. The quantitative estimate of drug-likeness (QED) is 0.228. The van der Waals surface area contributed by atoms with E-state index in [0.29, 0.717) is 29.1 Å². The van der Waals surface area contributed by atoms with Crippen molar-refractivity contribution in [2.24, 2.45) is 0 Å². The second-order valence-electron chi connectivity index (χ2n) is 9.87. The van der Waals surface area contributed by atoms with Crippen LogP contribution in [0.15, 0.2) is 78.9 Å². The van der Waals surface area contributed by atoms with Gasteiger partial charge in [0.25, 0.3) is 11.8 Å². The van der Waals surface area contributed by atoms with E-state index in [-0.39, 0.29) is 49.6 Å². The van der Waals surface area contributed by atoms with Gasteiger partial charge in [0.2, 0.25) is 11.8 Å². The molecule has 1 heterocycles. The Kier molecular flexibility index (Phi) is 10.1. The van der Waals surface area contributed by atoms with Crippen molar-refractivity contribution in [3.63, 3.8) is 0 Å². The Morgan fingerprint density at radius 1 is 0.875 bits per heavy atom. The third-order valence-corrected chi connectivity index (χ3v) is 7.42. The van der Waals surface area contributed by atoms with Crippen molar-refractivity contribution in [3.8, 4) is 0 Å². The predicted molar refractivity (Wildman–Crippen MR) is 155 cm³/mol. The molecule has 208 valence electrons. The SMILES string of the molecule is CCCCNC(=O)[C@@H](Cc1ccccc1)N(Cc1ccccc1Cl)C(=O)CCCN1C(=O)c2ccccc2C1=O. The monoisotopic (exact) mass is 559 g/mol. The molecule has 0 spiro atoms. The van der Waals surface area contributed by atoms with Crippen molar-refractivity contribution < 1.29 is 19.2 Å². The zero-order valence-corrected chi connectivity index (χ0v) is 23.4. The molecule has 4 amide bonds. The summed E-state index contributed by atoms with van der Waals surface area (Å²) < 4.78 is 0. The number of hydrogen-bond acceptors (Lipinski definition) is 4. The molecule has 3 aromatic rings. The van der Waals surface area contributed by atoms with Gasteiger partial charge in [-0.15, -0.1) is 0 Å². The van der Waals surface area contributed by atoms with E-state index in [1.165, 1.54) is 4.90 Å². The highest BCUT2D eigenvalue weighted by Gasteiger charge is 2.35. The lowest BCUT2D eigenvalue weighted by Crippen LogP contribution is -2.50. The average Bonchev–Trinajstić information content (AvgIpc) is 3.21. The summed E-state index contributed by atoms with van der Waals surface area (Å²) in [6.07, 6.45) is 2.45. The Morgan fingerprint density at radius 3 is 2.15 bits per heavy atom. The van der Waals surface area contributed by atoms with Gasteiger partial charge in [0, 0.05) is 37.5 Å². The van der Waals surface area contributed by atoms with Crippen LogP contribution >= 0.6 is 11.6 Å². The molecular weight excluding hydrogens is 526 g/mol. The largest absolute Gasteiger partial charge is 0.354 e. The Hall–Kier alpha value is -3.97. The van der Waals surface area contributed by atoms with Crippen molar-refractivity contribution in [1.29, 1.82) is 0 Å². The molecule has 0 bridgehead atoms. The summed E-state index contributed by atoms with van der Waals surface area (Å²) >= 11 is 6.47. The van der Waals surface area contributed by atoms with Gasteiger partial charge in [0.15, 0.2) is 0 Å². The summed E-state index contributed by atoms with van der Waals surface area (Å²) in [6, 6.07) is 22.8. The lowest BCUT2D eigenvalue weighted by atomic mass is 10.0. The number of rotatable bonds is 13. The van der Waals surface area contributed by atoms with Crippen LogP contribution < -0.4 is 5.32 Å². The highest BCUT2D eigenvalue weighted by molar-refractivity contribution is 6.31. The second kappa shape index (κ2) is 13.9. The summed E-state index contributed by atoms with van der Waals surface area (Å²) in [5, 5.41) is 3.51. The van der Waals surface area contributed by atoms with Crippen LogP contribution in [0.3, 0.4) is 0 Å². The highest BCUT2D eigenvalue weighted by Crippen LogP contribution is 2.24. The first-order valence-electron chi connectivity index (χ1n) is 13.7. The number of nitrogens with zero attached hydrogens (tertiary/aromatic N) is 2. The fourth-order valence-electron chi connectivity index (χ4n) is 4.84. The normalized spacial score (nSPS) is 13.2.